The molecule has 0 radical (unpaired) electrons. The van der Waals surface area contributed by atoms with Crippen molar-refractivity contribution in [2.75, 3.05) is 6.61 Å². The van der Waals surface area contributed by atoms with Crippen LogP contribution >= 0.6 is 0 Å². The van der Waals surface area contributed by atoms with Gasteiger partial charge in [-0.3, -0.25) is 0 Å². The van der Waals surface area contributed by atoms with Crippen LogP contribution in [-0.4, -0.2) is 22.9 Å². The van der Waals surface area contributed by atoms with Crippen LogP contribution in [0.5, 0.6) is 0 Å². The van der Waals surface area contributed by atoms with E-state index in [-0.39, 0.29) is 6.61 Å². The minimum Gasteiger partial charge on any atom is -0.394 e. The summed E-state index contributed by atoms with van der Waals surface area (Å²) in [5, 5.41) is 17.2. The molecule has 0 aromatic heterocycles. The smallest absolute Gasteiger partial charge is 0.0780 e. The Bertz CT molecular complexity index is 121. The molecule has 0 fully saturated rings. The Labute approximate surface area is 61.9 Å². The van der Waals surface area contributed by atoms with Crippen molar-refractivity contribution in [1.82, 2.24) is 0 Å². The minimum atomic E-state index is -0.592. The largest absolute Gasteiger partial charge is 0.394 e. The summed E-state index contributed by atoms with van der Waals surface area (Å²) < 4.78 is 0. The first-order valence-electron chi connectivity index (χ1n) is 3.56. The van der Waals surface area contributed by atoms with E-state index in [2.05, 4.69) is 11.8 Å². The molecule has 0 aliphatic heterocycles. The summed E-state index contributed by atoms with van der Waals surface area (Å²) in [5.41, 5.74) is 0. The Balaban J connectivity index is 3.18. The zero-order valence-electron chi connectivity index (χ0n) is 6.30. The molecule has 2 N–H and O–H groups in total. The first-order valence-corrected chi connectivity index (χ1v) is 3.56. The third kappa shape index (κ3) is 5.61. The van der Waals surface area contributed by atoms with E-state index >= 15 is 0 Å². The summed E-state index contributed by atoms with van der Waals surface area (Å²) >= 11 is 0. The van der Waals surface area contributed by atoms with Gasteiger partial charge in [-0.25, -0.2) is 0 Å². The fourth-order valence-electron chi connectivity index (χ4n) is 0.543. The number of aliphatic hydroxyl groups is 2. The molecule has 0 bridgehead atoms. The Hall–Kier alpha value is -0.520. The van der Waals surface area contributed by atoms with Crippen molar-refractivity contribution in [3.05, 3.63) is 0 Å². The molecule has 10 heavy (non-hydrogen) atoms. The summed E-state index contributed by atoms with van der Waals surface area (Å²) in [5.74, 6) is 5.76. The quantitative estimate of drug-likeness (QED) is 0.564. The van der Waals surface area contributed by atoms with Crippen LogP contribution in [0.1, 0.15) is 26.2 Å². The molecule has 1 atom stereocenters. The highest BCUT2D eigenvalue weighted by Gasteiger charge is 1.97. The highest BCUT2D eigenvalue weighted by Crippen LogP contribution is 1.93. The van der Waals surface area contributed by atoms with E-state index in [0.29, 0.717) is 12.8 Å². The van der Waals surface area contributed by atoms with Crippen molar-refractivity contribution in [1.29, 1.82) is 0 Å². The first-order chi connectivity index (χ1) is 4.81. The third-order valence-corrected chi connectivity index (χ3v) is 1.12. The summed E-state index contributed by atoms with van der Waals surface area (Å²) in [6.07, 6.45) is 1.51. The second-order valence-corrected chi connectivity index (χ2v) is 2.08. The number of hydrogen-bond donors (Lipinski definition) is 2. The molecule has 1 unspecified atom stereocenters. The summed E-state index contributed by atoms with van der Waals surface area (Å²) in [7, 11) is 0. The van der Waals surface area contributed by atoms with E-state index in [9.17, 15) is 0 Å². The summed E-state index contributed by atoms with van der Waals surface area (Å²) in [6.45, 7) is 1.82. The lowest BCUT2D eigenvalue weighted by Crippen LogP contribution is -2.10. The highest BCUT2D eigenvalue weighted by molar-refractivity contribution is 4.97. The van der Waals surface area contributed by atoms with E-state index in [1.165, 1.54) is 0 Å². The Morgan fingerprint density at radius 1 is 1.40 bits per heavy atom. The molecule has 2 heteroatoms. The highest BCUT2D eigenvalue weighted by atomic mass is 16.3. The molecule has 0 rings (SSSR count). The molecular weight excluding hydrogens is 128 g/mol. The second-order valence-electron chi connectivity index (χ2n) is 2.08. The molecular formula is C8H14O2. The van der Waals surface area contributed by atoms with E-state index in [0.717, 1.165) is 6.42 Å². The van der Waals surface area contributed by atoms with Gasteiger partial charge >= 0.3 is 0 Å². The fourth-order valence-corrected chi connectivity index (χ4v) is 0.543. The van der Waals surface area contributed by atoms with Gasteiger partial charge in [0, 0.05) is 12.8 Å². The van der Waals surface area contributed by atoms with Crippen molar-refractivity contribution < 1.29 is 10.2 Å². The van der Waals surface area contributed by atoms with Crippen LogP contribution in [0.3, 0.4) is 0 Å². The van der Waals surface area contributed by atoms with Crippen LogP contribution in [0.15, 0.2) is 0 Å². The van der Waals surface area contributed by atoms with E-state index in [1.54, 1.807) is 0 Å². The number of rotatable bonds is 3. The zero-order valence-corrected chi connectivity index (χ0v) is 6.30. The van der Waals surface area contributed by atoms with Crippen LogP contribution in [0.4, 0.5) is 0 Å². The molecule has 0 heterocycles. The molecule has 0 aromatic rings. The average molecular weight is 142 g/mol. The van der Waals surface area contributed by atoms with E-state index < -0.39 is 6.10 Å². The van der Waals surface area contributed by atoms with Gasteiger partial charge in [0.1, 0.15) is 0 Å². The molecule has 0 amide bonds. The van der Waals surface area contributed by atoms with Gasteiger partial charge in [-0.2, -0.15) is 0 Å². The predicted octanol–water partition coefficient (Wildman–Crippen LogP) is 0.533. The van der Waals surface area contributed by atoms with Gasteiger partial charge < -0.3 is 10.2 Å². The van der Waals surface area contributed by atoms with Gasteiger partial charge in [-0.15, -0.1) is 11.8 Å². The van der Waals surface area contributed by atoms with Crippen LogP contribution in [0.25, 0.3) is 0 Å². The lowest BCUT2D eigenvalue weighted by atomic mass is 10.2. The first kappa shape index (κ1) is 9.48. The van der Waals surface area contributed by atoms with Gasteiger partial charge in [-0.05, 0) is 6.42 Å². The molecule has 0 aliphatic carbocycles. The maximum absolute atomic E-state index is 8.84. The lowest BCUT2D eigenvalue weighted by Gasteiger charge is -2.01. The zero-order chi connectivity index (χ0) is 7.82. The van der Waals surface area contributed by atoms with Crippen LogP contribution < -0.4 is 0 Å². The number of aliphatic hydroxyl groups excluding tert-OH is 2. The SMILES string of the molecule is CCC#CCCC(O)CO. The van der Waals surface area contributed by atoms with E-state index in [1.807, 2.05) is 6.92 Å². The van der Waals surface area contributed by atoms with Gasteiger partial charge in [0.2, 0.25) is 0 Å². The minimum absolute atomic E-state index is 0.159. The normalized spacial score (nSPS) is 11.9. The topological polar surface area (TPSA) is 40.5 Å². The van der Waals surface area contributed by atoms with Crippen molar-refractivity contribution in [3.8, 4) is 11.8 Å². The van der Waals surface area contributed by atoms with Crippen molar-refractivity contribution in [2.45, 2.75) is 32.3 Å². The Morgan fingerprint density at radius 3 is 2.60 bits per heavy atom. The molecule has 0 aromatic carbocycles. The molecule has 0 saturated heterocycles. The molecule has 58 valence electrons. The van der Waals surface area contributed by atoms with Crippen LogP contribution in [-0.2, 0) is 0 Å². The molecule has 2 nitrogen and oxygen atoms in total. The van der Waals surface area contributed by atoms with Gasteiger partial charge in [-0.1, -0.05) is 6.92 Å². The molecule has 0 spiro atoms. The van der Waals surface area contributed by atoms with Gasteiger partial charge in [0.25, 0.3) is 0 Å². The monoisotopic (exact) mass is 142 g/mol. The Kier molecular flexibility index (Phi) is 6.25. The Morgan fingerprint density at radius 2 is 2.10 bits per heavy atom. The van der Waals surface area contributed by atoms with Crippen molar-refractivity contribution >= 4 is 0 Å². The van der Waals surface area contributed by atoms with E-state index in [4.69, 9.17) is 10.2 Å². The lowest BCUT2D eigenvalue weighted by molar-refractivity contribution is 0.0895. The van der Waals surface area contributed by atoms with Crippen molar-refractivity contribution in [2.24, 2.45) is 0 Å². The molecule has 0 saturated carbocycles. The third-order valence-electron chi connectivity index (χ3n) is 1.12. The fraction of sp³-hybridized carbons (Fsp3) is 0.750. The second kappa shape index (κ2) is 6.60. The summed E-state index contributed by atoms with van der Waals surface area (Å²) in [4.78, 5) is 0. The number of hydrogen-bond acceptors (Lipinski definition) is 2. The average Bonchev–Trinajstić information content (AvgIpc) is 1.98. The van der Waals surface area contributed by atoms with Crippen LogP contribution in [0, 0.1) is 11.8 Å². The summed E-state index contributed by atoms with van der Waals surface area (Å²) in [6, 6.07) is 0. The van der Waals surface area contributed by atoms with Crippen LogP contribution in [0.2, 0.25) is 0 Å². The predicted molar refractivity (Wildman–Crippen MR) is 40.4 cm³/mol. The molecule has 0 aliphatic rings. The van der Waals surface area contributed by atoms with Gasteiger partial charge in [0.15, 0.2) is 0 Å². The maximum atomic E-state index is 8.84. The van der Waals surface area contributed by atoms with Gasteiger partial charge in [0.05, 0.1) is 12.7 Å². The van der Waals surface area contributed by atoms with Crippen molar-refractivity contribution in [3.63, 3.8) is 0 Å². The maximum Gasteiger partial charge on any atom is 0.0780 e. The standard InChI is InChI=1S/C8H14O2/c1-2-3-4-5-6-8(10)7-9/h8-10H,2,5-7H2,1H3.